The van der Waals surface area contributed by atoms with Crippen LogP contribution in [0.15, 0.2) is 0 Å². The first kappa shape index (κ1) is 13.7. The van der Waals surface area contributed by atoms with Gasteiger partial charge < -0.3 is 4.74 Å². The summed E-state index contributed by atoms with van der Waals surface area (Å²) in [6, 6.07) is 0. The second-order valence-electron chi connectivity index (χ2n) is 7.57. The van der Waals surface area contributed by atoms with Crippen LogP contribution in [0.4, 0.5) is 0 Å². The molecular weight excluding hydrogens is 335 g/mol. The fourth-order valence-corrected chi connectivity index (χ4v) is 5.72. The van der Waals surface area contributed by atoms with Crippen LogP contribution in [0.2, 0.25) is 0 Å². The Kier molecular flexibility index (Phi) is 3.50. The zero-order chi connectivity index (χ0) is 13.0. The number of hydrogen-bond acceptors (Lipinski definition) is 1. The normalized spacial score (nSPS) is 50.7. The molecule has 5 atom stereocenters. The van der Waals surface area contributed by atoms with Gasteiger partial charge in [-0.05, 0) is 48.9 Å². The zero-order valence-corrected chi connectivity index (χ0v) is 14.2. The Balaban J connectivity index is 1.71. The predicted molar refractivity (Wildman–Crippen MR) is 84.2 cm³/mol. The molecule has 3 rings (SSSR count). The summed E-state index contributed by atoms with van der Waals surface area (Å²) in [4.78, 5) is 0. The Bertz CT molecular complexity index is 327. The Morgan fingerprint density at radius 1 is 1.06 bits per heavy atom. The SMILES string of the molecule is CC1(C)C2CCC1(C)C(OC1CCCCC1I)C2. The highest BCUT2D eigenvalue weighted by atomic mass is 127. The van der Waals surface area contributed by atoms with E-state index in [2.05, 4.69) is 43.4 Å². The van der Waals surface area contributed by atoms with Crippen LogP contribution < -0.4 is 0 Å². The first-order valence-corrected chi connectivity index (χ1v) is 8.99. The highest BCUT2D eigenvalue weighted by Gasteiger charge is 2.62. The van der Waals surface area contributed by atoms with Crippen molar-refractivity contribution < 1.29 is 4.74 Å². The van der Waals surface area contributed by atoms with Gasteiger partial charge >= 0.3 is 0 Å². The van der Waals surface area contributed by atoms with Crippen molar-refractivity contribution in [3.05, 3.63) is 0 Å². The minimum absolute atomic E-state index is 0.436. The van der Waals surface area contributed by atoms with Crippen molar-refractivity contribution in [3.63, 3.8) is 0 Å². The van der Waals surface area contributed by atoms with E-state index in [0.29, 0.717) is 23.0 Å². The van der Waals surface area contributed by atoms with E-state index >= 15 is 0 Å². The quantitative estimate of drug-likeness (QED) is 0.498. The van der Waals surface area contributed by atoms with Gasteiger partial charge in [-0.3, -0.25) is 0 Å². The monoisotopic (exact) mass is 362 g/mol. The molecule has 2 heteroatoms. The maximum Gasteiger partial charge on any atom is 0.0696 e. The van der Waals surface area contributed by atoms with Crippen LogP contribution >= 0.6 is 22.6 Å². The number of fused-ring (bicyclic) bond motifs is 2. The standard InChI is InChI=1S/C16H27IO/c1-15(2)11-8-9-16(15,3)14(10-11)18-13-7-5-4-6-12(13)17/h11-14H,4-10H2,1-3H3. The van der Waals surface area contributed by atoms with Crippen molar-refractivity contribution in [1.29, 1.82) is 0 Å². The van der Waals surface area contributed by atoms with Crippen LogP contribution in [0.3, 0.4) is 0 Å². The van der Waals surface area contributed by atoms with E-state index in [1.54, 1.807) is 0 Å². The summed E-state index contributed by atoms with van der Waals surface area (Å²) in [6.07, 6.45) is 10.7. The molecule has 0 radical (unpaired) electrons. The van der Waals surface area contributed by atoms with Crippen molar-refractivity contribution in [2.45, 2.75) is 81.8 Å². The van der Waals surface area contributed by atoms with Crippen molar-refractivity contribution in [3.8, 4) is 0 Å². The lowest BCUT2D eigenvalue weighted by Gasteiger charge is -2.41. The summed E-state index contributed by atoms with van der Waals surface area (Å²) in [5.74, 6) is 0.906. The Hall–Kier alpha value is 0.690. The lowest BCUT2D eigenvalue weighted by molar-refractivity contribution is -0.0922. The topological polar surface area (TPSA) is 9.23 Å². The van der Waals surface area contributed by atoms with E-state index < -0.39 is 0 Å². The third-order valence-corrected chi connectivity index (χ3v) is 8.10. The summed E-state index contributed by atoms with van der Waals surface area (Å²) in [7, 11) is 0. The Morgan fingerprint density at radius 2 is 1.78 bits per heavy atom. The van der Waals surface area contributed by atoms with Crippen LogP contribution in [0.1, 0.15) is 65.7 Å². The molecule has 0 aromatic carbocycles. The number of halogens is 1. The summed E-state index contributed by atoms with van der Waals surface area (Å²) in [5, 5.41) is 0. The molecule has 0 N–H and O–H groups in total. The Labute approximate surface area is 126 Å². The van der Waals surface area contributed by atoms with Gasteiger partial charge in [0.25, 0.3) is 0 Å². The van der Waals surface area contributed by atoms with Gasteiger partial charge in [0.2, 0.25) is 0 Å². The molecule has 5 unspecified atom stereocenters. The summed E-state index contributed by atoms with van der Waals surface area (Å²) < 4.78 is 7.38. The average molecular weight is 362 g/mol. The smallest absolute Gasteiger partial charge is 0.0696 e. The van der Waals surface area contributed by atoms with Gasteiger partial charge in [-0.25, -0.2) is 0 Å². The van der Waals surface area contributed by atoms with Crippen LogP contribution in [0, 0.1) is 16.7 Å². The first-order valence-electron chi connectivity index (χ1n) is 7.75. The molecule has 0 heterocycles. The van der Waals surface area contributed by atoms with Gasteiger partial charge in [-0.1, -0.05) is 56.2 Å². The summed E-state index contributed by atoms with van der Waals surface area (Å²) in [5.41, 5.74) is 0.929. The van der Waals surface area contributed by atoms with E-state index in [9.17, 15) is 0 Å². The molecule has 0 amide bonds. The zero-order valence-electron chi connectivity index (χ0n) is 12.0. The van der Waals surface area contributed by atoms with Crippen molar-refractivity contribution in [2.24, 2.45) is 16.7 Å². The van der Waals surface area contributed by atoms with E-state index in [-0.39, 0.29) is 0 Å². The molecule has 104 valence electrons. The van der Waals surface area contributed by atoms with Gasteiger partial charge in [0.15, 0.2) is 0 Å². The minimum atomic E-state index is 0.436. The van der Waals surface area contributed by atoms with Crippen molar-refractivity contribution in [2.75, 3.05) is 0 Å². The number of hydrogen-bond donors (Lipinski definition) is 0. The minimum Gasteiger partial charge on any atom is -0.373 e. The average Bonchev–Trinajstić information content (AvgIpc) is 2.65. The maximum absolute atomic E-state index is 6.63. The third kappa shape index (κ3) is 1.88. The van der Waals surface area contributed by atoms with Gasteiger partial charge in [-0.2, -0.15) is 0 Å². The van der Waals surface area contributed by atoms with Crippen LogP contribution in [0.25, 0.3) is 0 Å². The molecule has 18 heavy (non-hydrogen) atoms. The highest BCUT2D eigenvalue weighted by Crippen LogP contribution is 2.66. The highest BCUT2D eigenvalue weighted by molar-refractivity contribution is 14.1. The molecule has 2 bridgehead atoms. The molecule has 0 saturated heterocycles. The number of alkyl halides is 1. The largest absolute Gasteiger partial charge is 0.373 e. The van der Waals surface area contributed by atoms with Crippen molar-refractivity contribution >= 4 is 22.6 Å². The first-order chi connectivity index (χ1) is 8.45. The van der Waals surface area contributed by atoms with Crippen molar-refractivity contribution in [1.82, 2.24) is 0 Å². The van der Waals surface area contributed by atoms with Gasteiger partial charge in [0, 0.05) is 3.92 Å². The summed E-state index contributed by atoms with van der Waals surface area (Å²) >= 11 is 2.62. The maximum atomic E-state index is 6.63. The number of rotatable bonds is 2. The number of ether oxygens (including phenoxy) is 1. The second kappa shape index (κ2) is 4.61. The molecule has 0 aromatic heterocycles. The van der Waals surface area contributed by atoms with E-state index in [4.69, 9.17) is 4.74 Å². The van der Waals surface area contributed by atoms with Gasteiger partial charge in [-0.15, -0.1) is 0 Å². The van der Waals surface area contributed by atoms with E-state index in [1.807, 2.05) is 0 Å². The molecule has 3 aliphatic carbocycles. The molecule has 0 aromatic rings. The van der Waals surface area contributed by atoms with Crippen LogP contribution in [0.5, 0.6) is 0 Å². The molecule has 3 aliphatic rings. The van der Waals surface area contributed by atoms with E-state index in [0.717, 1.165) is 9.84 Å². The fourth-order valence-electron chi connectivity index (χ4n) is 4.75. The molecular formula is C16H27IO. The predicted octanol–water partition coefficient (Wildman–Crippen LogP) is 4.96. The van der Waals surface area contributed by atoms with E-state index in [1.165, 1.54) is 44.9 Å². The lowest BCUT2D eigenvalue weighted by Crippen LogP contribution is -2.41. The molecule has 1 nitrogen and oxygen atoms in total. The molecule has 3 saturated carbocycles. The fraction of sp³-hybridized carbons (Fsp3) is 1.00. The Morgan fingerprint density at radius 3 is 2.33 bits per heavy atom. The summed E-state index contributed by atoms with van der Waals surface area (Å²) in [6.45, 7) is 7.46. The van der Waals surface area contributed by atoms with Gasteiger partial charge in [0.1, 0.15) is 0 Å². The molecule has 3 fully saturated rings. The third-order valence-electron chi connectivity index (χ3n) is 6.67. The van der Waals surface area contributed by atoms with Gasteiger partial charge in [0.05, 0.1) is 12.2 Å². The van der Waals surface area contributed by atoms with Crippen LogP contribution in [-0.4, -0.2) is 16.1 Å². The lowest BCUT2D eigenvalue weighted by atomic mass is 9.70. The van der Waals surface area contributed by atoms with Crippen LogP contribution in [-0.2, 0) is 4.74 Å². The molecule has 0 aliphatic heterocycles. The molecule has 0 spiro atoms. The second-order valence-corrected chi connectivity index (χ2v) is 9.17.